The molecular formula is C26H32N2O5. The number of amides is 2. The topological polar surface area (TPSA) is 105 Å². The number of aliphatic carboxylic acids is 1. The quantitative estimate of drug-likeness (QED) is 0.502. The Morgan fingerprint density at radius 1 is 1.03 bits per heavy atom. The summed E-state index contributed by atoms with van der Waals surface area (Å²) >= 11 is 0. The van der Waals surface area contributed by atoms with Crippen molar-refractivity contribution in [3.8, 4) is 11.1 Å². The molecule has 7 heteroatoms. The molecule has 0 heterocycles. The number of fused-ring (bicyclic) bond motifs is 3. The molecule has 0 saturated carbocycles. The fraction of sp³-hybridized carbons (Fsp3) is 0.423. The van der Waals surface area contributed by atoms with Crippen LogP contribution in [0.4, 0.5) is 4.79 Å². The van der Waals surface area contributed by atoms with Crippen molar-refractivity contribution >= 4 is 18.0 Å². The number of rotatable bonds is 10. The fourth-order valence-corrected chi connectivity index (χ4v) is 4.13. The molecule has 3 rings (SSSR count). The standard InChI is InChI=1S/C26H32N2O5/c1-4-26(3,24(31)27-14-17(2)13-23(29)30)16-28-25(32)33-15-22-20-11-7-5-9-18(20)19-10-6-8-12-21(19)22/h5-12,17,22H,4,13-16H2,1-3H3,(H,27,31)(H,28,32)(H,29,30). The summed E-state index contributed by atoms with van der Waals surface area (Å²) in [5, 5.41) is 14.4. The predicted molar refractivity (Wildman–Crippen MR) is 126 cm³/mol. The SMILES string of the molecule is CCC(C)(CNC(=O)OCC1c2ccccc2-c2ccccc21)C(=O)NCC(C)CC(=O)O. The third kappa shape index (κ3) is 5.72. The molecule has 0 bridgehead atoms. The lowest BCUT2D eigenvalue weighted by atomic mass is 9.86. The highest BCUT2D eigenvalue weighted by Crippen LogP contribution is 2.44. The number of alkyl carbamates (subject to hydrolysis) is 1. The molecular weight excluding hydrogens is 420 g/mol. The van der Waals surface area contributed by atoms with Crippen molar-refractivity contribution in [2.24, 2.45) is 11.3 Å². The largest absolute Gasteiger partial charge is 0.481 e. The van der Waals surface area contributed by atoms with Crippen LogP contribution in [0, 0.1) is 11.3 Å². The molecule has 2 aromatic carbocycles. The van der Waals surface area contributed by atoms with Crippen molar-refractivity contribution in [1.82, 2.24) is 10.6 Å². The van der Waals surface area contributed by atoms with Crippen LogP contribution in [0.15, 0.2) is 48.5 Å². The maximum Gasteiger partial charge on any atom is 0.407 e. The van der Waals surface area contributed by atoms with Gasteiger partial charge in [0, 0.05) is 25.4 Å². The van der Waals surface area contributed by atoms with Crippen molar-refractivity contribution in [3.05, 3.63) is 59.7 Å². The second kappa shape index (κ2) is 10.5. The summed E-state index contributed by atoms with van der Waals surface area (Å²) in [4.78, 5) is 36.0. The highest BCUT2D eigenvalue weighted by molar-refractivity contribution is 5.83. The van der Waals surface area contributed by atoms with E-state index >= 15 is 0 Å². The van der Waals surface area contributed by atoms with E-state index in [0.29, 0.717) is 6.42 Å². The zero-order chi connectivity index (χ0) is 24.0. The van der Waals surface area contributed by atoms with Crippen LogP contribution in [0.1, 0.15) is 50.7 Å². The number of nitrogens with one attached hydrogen (secondary N) is 2. The number of ether oxygens (including phenoxy) is 1. The summed E-state index contributed by atoms with van der Waals surface area (Å²) in [5.41, 5.74) is 3.78. The zero-order valence-corrected chi connectivity index (χ0v) is 19.4. The molecule has 0 aliphatic heterocycles. The molecule has 0 saturated heterocycles. The van der Waals surface area contributed by atoms with Gasteiger partial charge in [0.25, 0.3) is 0 Å². The molecule has 1 aliphatic carbocycles. The average Bonchev–Trinajstić information content (AvgIpc) is 3.13. The lowest BCUT2D eigenvalue weighted by molar-refractivity contribution is -0.138. The van der Waals surface area contributed by atoms with Gasteiger partial charge in [0.05, 0.1) is 5.41 Å². The van der Waals surface area contributed by atoms with Crippen molar-refractivity contribution in [3.63, 3.8) is 0 Å². The summed E-state index contributed by atoms with van der Waals surface area (Å²) in [7, 11) is 0. The Balaban J connectivity index is 1.54. The molecule has 0 fully saturated rings. The number of benzene rings is 2. The minimum atomic E-state index is -0.896. The Kier molecular flexibility index (Phi) is 7.74. The lowest BCUT2D eigenvalue weighted by Gasteiger charge is -2.28. The lowest BCUT2D eigenvalue weighted by Crippen LogP contribution is -2.47. The Bertz CT molecular complexity index is 976. The summed E-state index contributed by atoms with van der Waals surface area (Å²) in [6.45, 7) is 6.02. The smallest absolute Gasteiger partial charge is 0.407 e. The van der Waals surface area contributed by atoms with Gasteiger partial charge in [-0.3, -0.25) is 9.59 Å². The van der Waals surface area contributed by atoms with Crippen LogP contribution in [-0.2, 0) is 14.3 Å². The van der Waals surface area contributed by atoms with Gasteiger partial charge < -0.3 is 20.5 Å². The van der Waals surface area contributed by atoms with E-state index in [9.17, 15) is 14.4 Å². The zero-order valence-electron chi connectivity index (χ0n) is 19.4. The number of carbonyl (C=O) groups excluding carboxylic acids is 2. The highest BCUT2D eigenvalue weighted by atomic mass is 16.5. The summed E-state index contributed by atoms with van der Waals surface area (Å²) in [6, 6.07) is 16.3. The van der Waals surface area contributed by atoms with E-state index in [0.717, 1.165) is 22.3 Å². The van der Waals surface area contributed by atoms with Crippen molar-refractivity contribution in [1.29, 1.82) is 0 Å². The van der Waals surface area contributed by atoms with E-state index < -0.39 is 17.5 Å². The van der Waals surface area contributed by atoms with Gasteiger partial charge in [0.2, 0.25) is 5.91 Å². The van der Waals surface area contributed by atoms with Crippen LogP contribution in [0.25, 0.3) is 11.1 Å². The van der Waals surface area contributed by atoms with Crippen LogP contribution < -0.4 is 10.6 Å². The van der Waals surface area contributed by atoms with E-state index in [1.54, 1.807) is 13.8 Å². The highest BCUT2D eigenvalue weighted by Gasteiger charge is 2.33. The first-order chi connectivity index (χ1) is 15.7. The first kappa shape index (κ1) is 24.3. The fourth-order valence-electron chi connectivity index (χ4n) is 4.13. The molecule has 176 valence electrons. The second-order valence-electron chi connectivity index (χ2n) is 9.01. The minimum absolute atomic E-state index is 0.0128. The van der Waals surface area contributed by atoms with Gasteiger partial charge in [-0.25, -0.2) is 4.79 Å². The van der Waals surface area contributed by atoms with E-state index in [1.165, 1.54) is 0 Å². The molecule has 2 aromatic rings. The number of hydrogen-bond acceptors (Lipinski definition) is 4. The van der Waals surface area contributed by atoms with E-state index in [1.807, 2.05) is 31.2 Å². The molecule has 0 aromatic heterocycles. The molecule has 2 unspecified atom stereocenters. The number of hydrogen-bond donors (Lipinski definition) is 3. The molecule has 0 spiro atoms. The van der Waals surface area contributed by atoms with Crippen molar-refractivity contribution in [2.45, 2.75) is 39.5 Å². The third-order valence-electron chi connectivity index (χ3n) is 6.43. The number of carboxylic acid groups (broad SMARTS) is 1. The molecule has 7 nitrogen and oxygen atoms in total. The maximum atomic E-state index is 12.7. The number of carboxylic acids is 1. The van der Waals surface area contributed by atoms with Gasteiger partial charge in [-0.1, -0.05) is 62.4 Å². The average molecular weight is 453 g/mol. The molecule has 2 amide bonds. The van der Waals surface area contributed by atoms with Crippen LogP contribution in [0.2, 0.25) is 0 Å². The van der Waals surface area contributed by atoms with E-state index in [4.69, 9.17) is 9.84 Å². The van der Waals surface area contributed by atoms with E-state index in [-0.39, 0.29) is 43.9 Å². The van der Waals surface area contributed by atoms with Gasteiger partial charge in [-0.15, -0.1) is 0 Å². The minimum Gasteiger partial charge on any atom is -0.481 e. The van der Waals surface area contributed by atoms with Crippen LogP contribution in [-0.4, -0.2) is 42.8 Å². The monoisotopic (exact) mass is 452 g/mol. The predicted octanol–water partition coefficient (Wildman–Crippen LogP) is 4.17. The molecule has 33 heavy (non-hydrogen) atoms. The molecule has 3 N–H and O–H groups in total. The summed E-state index contributed by atoms with van der Waals surface area (Å²) in [6.07, 6.45) is -0.0692. The Labute approximate surface area is 194 Å². The van der Waals surface area contributed by atoms with Crippen LogP contribution >= 0.6 is 0 Å². The van der Waals surface area contributed by atoms with Gasteiger partial charge in [0.1, 0.15) is 6.61 Å². The molecule has 0 radical (unpaired) electrons. The first-order valence-electron chi connectivity index (χ1n) is 11.3. The Morgan fingerprint density at radius 3 is 2.15 bits per heavy atom. The normalized spacial score (nSPS) is 15.0. The molecule has 2 atom stereocenters. The van der Waals surface area contributed by atoms with Crippen molar-refractivity contribution < 1.29 is 24.2 Å². The van der Waals surface area contributed by atoms with Crippen LogP contribution in [0.3, 0.4) is 0 Å². The van der Waals surface area contributed by atoms with Crippen LogP contribution in [0.5, 0.6) is 0 Å². The summed E-state index contributed by atoms with van der Waals surface area (Å²) in [5.74, 6) is -1.32. The van der Waals surface area contributed by atoms with E-state index in [2.05, 4.69) is 34.9 Å². The summed E-state index contributed by atoms with van der Waals surface area (Å²) < 4.78 is 5.55. The van der Waals surface area contributed by atoms with Gasteiger partial charge in [-0.2, -0.15) is 0 Å². The van der Waals surface area contributed by atoms with Gasteiger partial charge in [0.15, 0.2) is 0 Å². The maximum absolute atomic E-state index is 12.7. The Hall–Kier alpha value is -3.35. The first-order valence-corrected chi connectivity index (χ1v) is 11.3. The van der Waals surface area contributed by atoms with Gasteiger partial charge in [-0.05, 0) is 41.5 Å². The molecule has 1 aliphatic rings. The second-order valence-corrected chi connectivity index (χ2v) is 9.01. The van der Waals surface area contributed by atoms with Crippen molar-refractivity contribution in [2.75, 3.05) is 19.7 Å². The van der Waals surface area contributed by atoms with Gasteiger partial charge >= 0.3 is 12.1 Å². The number of carbonyl (C=O) groups is 3. The third-order valence-corrected chi connectivity index (χ3v) is 6.43. The Morgan fingerprint density at radius 2 is 1.61 bits per heavy atom.